The molecule has 2 aromatic rings. The summed E-state index contributed by atoms with van der Waals surface area (Å²) in [6.07, 6.45) is 3.06. The van der Waals surface area contributed by atoms with E-state index in [1.54, 1.807) is 26.2 Å². The Hall–Kier alpha value is -3.28. The number of anilines is 1. The lowest BCUT2D eigenvalue weighted by molar-refractivity contribution is -0.123. The minimum absolute atomic E-state index is 0.329. The van der Waals surface area contributed by atoms with Gasteiger partial charge in [0.25, 0.3) is 0 Å². The topological polar surface area (TPSA) is 76.7 Å². The highest BCUT2D eigenvalue weighted by atomic mass is 16.5. The van der Waals surface area contributed by atoms with Crippen molar-refractivity contribution < 1.29 is 19.1 Å². The summed E-state index contributed by atoms with van der Waals surface area (Å²) in [5.41, 5.74) is 2.41. The molecule has 0 aliphatic carbocycles. The Morgan fingerprint density at radius 2 is 1.74 bits per heavy atom. The second-order valence-corrected chi connectivity index (χ2v) is 6.03. The second-order valence-electron chi connectivity index (χ2n) is 6.03. The first-order chi connectivity index (χ1) is 12.9. The average Bonchev–Trinajstić information content (AvgIpc) is 2.67. The van der Waals surface area contributed by atoms with E-state index >= 15 is 0 Å². The number of nitrogens with one attached hydrogen (secondary N) is 2. The lowest BCUT2D eigenvalue weighted by atomic mass is 10.2. The number of carbonyl (C=O) groups is 2. The normalized spacial score (nSPS) is 11.7. The van der Waals surface area contributed by atoms with Gasteiger partial charge in [0, 0.05) is 6.08 Å². The summed E-state index contributed by atoms with van der Waals surface area (Å²) in [5.74, 6) is 0.620. The van der Waals surface area contributed by atoms with Crippen LogP contribution in [0.4, 0.5) is 5.69 Å². The first-order valence-corrected chi connectivity index (χ1v) is 8.51. The Bertz CT molecular complexity index is 829. The van der Waals surface area contributed by atoms with Crippen LogP contribution in [-0.2, 0) is 9.59 Å². The molecule has 0 heterocycles. The molecular weight excluding hydrogens is 344 g/mol. The summed E-state index contributed by atoms with van der Waals surface area (Å²) in [7, 11) is 3.13. The van der Waals surface area contributed by atoms with E-state index in [2.05, 4.69) is 10.6 Å². The van der Waals surface area contributed by atoms with Crippen molar-refractivity contribution in [3.05, 3.63) is 59.7 Å². The first kappa shape index (κ1) is 20.0. The molecule has 2 N–H and O–H groups in total. The third-order valence-electron chi connectivity index (χ3n) is 3.91. The molecule has 27 heavy (non-hydrogen) atoms. The van der Waals surface area contributed by atoms with Crippen molar-refractivity contribution in [2.24, 2.45) is 0 Å². The van der Waals surface area contributed by atoms with Gasteiger partial charge in [0.15, 0.2) is 0 Å². The van der Waals surface area contributed by atoms with E-state index in [-0.39, 0.29) is 11.8 Å². The van der Waals surface area contributed by atoms with Gasteiger partial charge in [-0.25, -0.2) is 0 Å². The van der Waals surface area contributed by atoms with Crippen LogP contribution in [0.1, 0.15) is 18.1 Å². The van der Waals surface area contributed by atoms with E-state index in [1.807, 2.05) is 43.3 Å². The maximum atomic E-state index is 12.4. The molecule has 2 rings (SSSR count). The van der Waals surface area contributed by atoms with Gasteiger partial charge in [0.1, 0.15) is 17.5 Å². The zero-order valence-electron chi connectivity index (χ0n) is 15.9. The number of hydrogen-bond donors (Lipinski definition) is 2. The van der Waals surface area contributed by atoms with Crippen molar-refractivity contribution >= 4 is 23.6 Å². The van der Waals surface area contributed by atoms with E-state index < -0.39 is 6.04 Å². The summed E-state index contributed by atoms with van der Waals surface area (Å²) in [4.78, 5) is 24.4. The van der Waals surface area contributed by atoms with Crippen LogP contribution in [0, 0.1) is 6.92 Å². The van der Waals surface area contributed by atoms with Crippen LogP contribution in [0.3, 0.4) is 0 Å². The fourth-order valence-electron chi connectivity index (χ4n) is 2.37. The number of ether oxygens (including phenoxy) is 2. The molecule has 0 fully saturated rings. The van der Waals surface area contributed by atoms with Gasteiger partial charge >= 0.3 is 0 Å². The van der Waals surface area contributed by atoms with Gasteiger partial charge < -0.3 is 20.1 Å². The van der Waals surface area contributed by atoms with Gasteiger partial charge in [-0.1, -0.05) is 18.2 Å². The molecule has 6 nitrogen and oxygen atoms in total. The van der Waals surface area contributed by atoms with Crippen LogP contribution in [0.2, 0.25) is 0 Å². The number of amides is 2. The van der Waals surface area contributed by atoms with E-state index in [4.69, 9.17) is 9.47 Å². The van der Waals surface area contributed by atoms with Gasteiger partial charge in [-0.3, -0.25) is 9.59 Å². The third kappa shape index (κ3) is 5.88. The molecule has 0 saturated heterocycles. The zero-order chi connectivity index (χ0) is 19.8. The molecule has 0 aliphatic heterocycles. The molecule has 1 atom stereocenters. The minimum Gasteiger partial charge on any atom is -0.497 e. The first-order valence-electron chi connectivity index (χ1n) is 8.51. The number of carbonyl (C=O) groups excluding carboxylic acids is 2. The van der Waals surface area contributed by atoms with Crippen molar-refractivity contribution in [3.63, 3.8) is 0 Å². The predicted molar refractivity (Wildman–Crippen MR) is 106 cm³/mol. The highest BCUT2D eigenvalue weighted by Crippen LogP contribution is 2.25. The average molecular weight is 368 g/mol. The van der Waals surface area contributed by atoms with Crippen LogP contribution in [0.15, 0.2) is 48.5 Å². The minimum atomic E-state index is -0.705. The molecular formula is C21H24N2O4. The van der Waals surface area contributed by atoms with Crippen LogP contribution >= 0.6 is 0 Å². The number of rotatable bonds is 7. The highest BCUT2D eigenvalue weighted by Gasteiger charge is 2.16. The van der Waals surface area contributed by atoms with Gasteiger partial charge in [-0.15, -0.1) is 0 Å². The van der Waals surface area contributed by atoms with Gasteiger partial charge in [-0.2, -0.15) is 0 Å². The van der Waals surface area contributed by atoms with E-state index in [1.165, 1.54) is 13.2 Å². The smallest absolute Gasteiger partial charge is 0.246 e. The van der Waals surface area contributed by atoms with Crippen molar-refractivity contribution in [1.29, 1.82) is 0 Å². The Morgan fingerprint density at radius 1 is 1.04 bits per heavy atom. The third-order valence-corrected chi connectivity index (χ3v) is 3.91. The molecule has 142 valence electrons. The Kier molecular flexibility index (Phi) is 7.00. The van der Waals surface area contributed by atoms with Crippen molar-refractivity contribution in [3.8, 4) is 11.5 Å². The van der Waals surface area contributed by atoms with E-state index in [9.17, 15) is 9.59 Å². The van der Waals surface area contributed by atoms with Crippen LogP contribution in [0.5, 0.6) is 11.5 Å². The molecule has 0 bridgehead atoms. The molecule has 2 amide bonds. The SMILES string of the molecule is COc1ccc(/C=C/C(=O)NC(C)C(=O)Nc2cc(C)ccc2OC)cc1. The standard InChI is InChI=1S/C21H24N2O4/c1-14-5-11-19(27-4)18(13-14)23-21(25)15(2)22-20(24)12-8-16-6-9-17(26-3)10-7-16/h5-13,15H,1-4H3,(H,22,24)(H,23,25)/b12-8+. The van der Waals surface area contributed by atoms with Gasteiger partial charge in [0.2, 0.25) is 11.8 Å². The zero-order valence-corrected chi connectivity index (χ0v) is 15.9. The van der Waals surface area contributed by atoms with E-state index in [0.717, 1.165) is 16.9 Å². The van der Waals surface area contributed by atoms with Crippen LogP contribution in [-0.4, -0.2) is 32.1 Å². The maximum Gasteiger partial charge on any atom is 0.246 e. The largest absolute Gasteiger partial charge is 0.497 e. The summed E-state index contributed by atoms with van der Waals surface area (Å²) in [6.45, 7) is 3.54. The maximum absolute atomic E-state index is 12.4. The molecule has 1 unspecified atom stereocenters. The monoisotopic (exact) mass is 368 g/mol. The molecule has 0 aromatic heterocycles. The molecule has 0 saturated carbocycles. The van der Waals surface area contributed by atoms with E-state index in [0.29, 0.717) is 11.4 Å². The lowest BCUT2D eigenvalue weighted by Crippen LogP contribution is -2.40. The summed E-state index contributed by atoms with van der Waals surface area (Å²) >= 11 is 0. The molecule has 6 heteroatoms. The Morgan fingerprint density at radius 3 is 2.37 bits per heavy atom. The summed E-state index contributed by atoms with van der Waals surface area (Å²) in [6, 6.07) is 12.1. The Balaban J connectivity index is 1.94. The number of aryl methyl sites for hydroxylation is 1. The van der Waals surface area contributed by atoms with Crippen LogP contribution in [0.25, 0.3) is 6.08 Å². The van der Waals surface area contributed by atoms with Gasteiger partial charge in [-0.05, 0) is 55.3 Å². The van der Waals surface area contributed by atoms with Crippen molar-refractivity contribution in [2.75, 3.05) is 19.5 Å². The van der Waals surface area contributed by atoms with Crippen molar-refractivity contribution in [1.82, 2.24) is 5.32 Å². The number of methoxy groups -OCH3 is 2. The predicted octanol–water partition coefficient (Wildman–Crippen LogP) is 3.17. The fraction of sp³-hybridized carbons (Fsp3) is 0.238. The highest BCUT2D eigenvalue weighted by molar-refractivity contribution is 6.00. The number of hydrogen-bond acceptors (Lipinski definition) is 4. The molecule has 0 aliphatic rings. The van der Waals surface area contributed by atoms with Crippen LogP contribution < -0.4 is 20.1 Å². The summed E-state index contributed by atoms with van der Waals surface area (Å²) in [5, 5.41) is 5.42. The fourth-order valence-corrected chi connectivity index (χ4v) is 2.37. The second kappa shape index (κ2) is 9.43. The Labute approximate surface area is 159 Å². The summed E-state index contributed by atoms with van der Waals surface area (Å²) < 4.78 is 10.3. The van der Waals surface area contributed by atoms with Crippen molar-refractivity contribution in [2.45, 2.75) is 19.9 Å². The molecule has 0 radical (unpaired) electrons. The molecule has 2 aromatic carbocycles. The quantitative estimate of drug-likeness (QED) is 0.736. The lowest BCUT2D eigenvalue weighted by Gasteiger charge is -2.15. The van der Waals surface area contributed by atoms with Gasteiger partial charge in [0.05, 0.1) is 19.9 Å². The number of benzene rings is 2. The molecule has 0 spiro atoms.